The van der Waals surface area contributed by atoms with Crippen LogP contribution in [0.3, 0.4) is 0 Å². The Kier molecular flexibility index (Phi) is 5.51. The summed E-state index contributed by atoms with van der Waals surface area (Å²) in [4.78, 5) is 36.2. The molecule has 0 aliphatic carbocycles. The summed E-state index contributed by atoms with van der Waals surface area (Å²) in [6, 6.07) is 3.94. The van der Waals surface area contributed by atoms with Crippen molar-refractivity contribution < 1.29 is 14.5 Å². The molecule has 1 aromatic carbocycles. The van der Waals surface area contributed by atoms with Crippen molar-refractivity contribution in [3.63, 3.8) is 0 Å². The average molecular weight is 341 g/mol. The maximum absolute atomic E-state index is 12.2. The highest BCUT2D eigenvalue weighted by molar-refractivity contribution is 6.34. The molecule has 8 nitrogen and oxygen atoms in total. The molecule has 0 bridgehead atoms. The Morgan fingerprint density at radius 2 is 2.22 bits per heavy atom. The summed E-state index contributed by atoms with van der Waals surface area (Å²) in [6.07, 6.45) is 1.71. The molecule has 1 saturated heterocycles. The van der Waals surface area contributed by atoms with Crippen LogP contribution in [0.1, 0.15) is 23.2 Å². The minimum atomic E-state index is -0.751. The Morgan fingerprint density at radius 3 is 2.87 bits per heavy atom. The number of hydrogen-bond donors (Lipinski definition) is 2. The fourth-order valence-electron chi connectivity index (χ4n) is 2.64. The van der Waals surface area contributed by atoms with Crippen molar-refractivity contribution in [1.82, 2.24) is 10.2 Å². The van der Waals surface area contributed by atoms with Gasteiger partial charge in [-0.05, 0) is 18.9 Å². The monoisotopic (exact) mass is 340 g/mol. The molecular weight excluding hydrogens is 324 g/mol. The van der Waals surface area contributed by atoms with Gasteiger partial charge in [0.25, 0.3) is 11.6 Å². The van der Waals surface area contributed by atoms with E-state index in [-0.39, 0.29) is 29.1 Å². The molecule has 0 spiro atoms. The molecule has 2 amide bonds. The van der Waals surface area contributed by atoms with Crippen molar-refractivity contribution in [3.05, 3.63) is 38.9 Å². The molecule has 1 unspecified atom stereocenters. The minimum Gasteiger partial charge on any atom is -0.343 e. The third-order valence-electron chi connectivity index (χ3n) is 3.79. The number of nitrogens with two attached hydrogens (primary N) is 1. The van der Waals surface area contributed by atoms with E-state index >= 15 is 0 Å². The number of halogens is 1. The van der Waals surface area contributed by atoms with Crippen LogP contribution in [0, 0.1) is 10.1 Å². The standard InChI is InChI=1S/C14H17ClN4O4/c15-10-4-1-5-11(19(22)23)13(10)14(21)17-8-12(20)18-6-2-3-9(18)7-16/h1,4-5,9H,2-3,6-8,16H2,(H,17,21). The van der Waals surface area contributed by atoms with Crippen LogP contribution in [-0.4, -0.2) is 47.3 Å². The molecule has 0 radical (unpaired) electrons. The Balaban J connectivity index is 2.06. The fraction of sp³-hybridized carbons (Fsp3) is 0.429. The first-order chi connectivity index (χ1) is 11.0. The van der Waals surface area contributed by atoms with Crippen LogP contribution in [0.25, 0.3) is 0 Å². The molecule has 1 aliphatic heterocycles. The van der Waals surface area contributed by atoms with Crippen molar-refractivity contribution in [3.8, 4) is 0 Å². The van der Waals surface area contributed by atoms with Gasteiger partial charge in [0.2, 0.25) is 5.91 Å². The van der Waals surface area contributed by atoms with E-state index in [9.17, 15) is 19.7 Å². The van der Waals surface area contributed by atoms with Crippen LogP contribution in [0.15, 0.2) is 18.2 Å². The number of nitrogens with zero attached hydrogens (tertiary/aromatic N) is 2. The lowest BCUT2D eigenvalue weighted by atomic mass is 10.1. The van der Waals surface area contributed by atoms with E-state index in [4.69, 9.17) is 17.3 Å². The number of hydrogen-bond acceptors (Lipinski definition) is 5. The molecule has 23 heavy (non-hydrogen) atoms. The predicted molar refractivity (Wildman–Crippen MR) is 84.2 cm³/mol. The van der Waals surface area contributed by atoms with Gasteiger partial charge < -0.3 is 16.0 Å². The number of nitro benzene ring substituents is 1. The molecule has 0 saturated carbocycles. The first kappa shape index (κ1) is 17.2. The maximum atomic E-state index is 12.2. The zero-order valence-corrected chi connectivity index (χ0v) is 13.1. The molecule has 2 rings (SSSR count). The molecule has 9 heteroatoms. The van der Waals surface area contributed by atoms with Gasteiger partial charge >= 0.3 is 0 Å². The lowest BCUT2D eigenvalue weighted by molar-refractivity contribution is -0.385. The predicted octanol–water partition coefficient (Wildman–Crippen LogP) is 0.928. The van der Waals surface area contributed by atoms with E-state index in [1.165, 1.54) is 18.2 Å². The highest BCUT2D eigenvalue weighted by Crippen LogP contribution is 2.26. The zero-order valence-electron chi connectivity index (χ0n) is 12.3. The van der Waals surface area contributed by atoms with Gasteiger partial charge in [-0.3, -0.25) is 19.7 Å². The summed E-state index contributed by atoms with van der Waals surface area (Å²) in [5.74, 6) is -1.01. The van der Waals surface area contributed by atoms with E-state index in [2.05, 4.69) is 5.32 Å². The first-order valence-corrected chi connectivity index (χ1v) is 7.54. The fourth-order valence-corrected chi connectivity index (χ4v) is 2.90. The third-order valence-corrected chi connectivity index (χ3v) is 4.10. The number of carbonyl (C=O) groups is 2. The Bertz CT molecular complexity index is 637. The van der Waals surface area contributed by atoms with Gasteiger partial charge in [-0.1, -0.05) is 17.7 Å². The van der Waals surface area contributed by atoms with Gasteiger partial charge in [0.1, 0.15) is 5.56 Å². The zero-order chi connectivity index (χ0) is 17.0. The van der Waals surface area contributed by atoms with Crippen molar-refractivity contribution in [2.75, 3.05) is 19.6 Å². The summed E-state index contributed by atoms with van der Waals surface area (Å²) in [5, 5.41) is 13.3. The second kappa shape index (κ2) is 7.38. The van der Waals surface area contributed by atoms with E-state index < -0.39 is 16.5 Å². The highest BCUT2D eigenvalue weighted by Gasteiger charge is 2.28. The van der Waals surface area contributed by atoms with Gasteiger partial charge in [0, 0.05) is 25.2 Å². The van der Waals surface area contributed by atoms with Crippen LogP contribution < -0.4 is 11.1 Å². The average Bonchev–Trinajstić information content (AvgIpc) is 3.00. The molecule has 1 atom stereocenters. The van der Waals surface area contributed by atoms with Crippen molar-refractivity contribution >= 4 is 29.1 Å². The van der Waals surface area contributed by atoms with Crippen molar-refractivity contribution in [1.29, 1.82) is 0 Å². The Labute approximate surface area is 137 Å². The third kappa shape index (κ3) is 3.77. The van der Waals surface area contributed by atoms with Crippen LogP contribution in [-0.2, 0) is 4.79 Å². The summed E-state index contributed by atoms with van der Waals surface area (Å²) >= 11 is 5.88. The van der Waals surface area contributed by atoms with Gasteiger partial charge in [0.15, 0.2) is 0 Å². The van der Waals surface area contributed by atoms with Crippen molar-refractivity contribution in [2.24, 2.45) is 5.73 Å². The number of nitro groups is 1. The lowest BCUT2D eigenvalue weighted by Gasteiger charge is -2.23. The molecule has 1 aromatic rings. The molecule has 1 aliphatic rings. The Morgan fingerprint density at radius 1 is 1.48 bits per heavy atom. The van der Waals surface area contributed by atoms with E-state index in [1.54, 1.807) is 4.90 Å². The van der Waals surface area contributed by atoms with Crippen LogP contribution >= 0.6 is 11.6 Å². The second-order valence-corrected chi connectivity index (χ2v) is 5.60. The van der Waals surface area contributed by atoms with E-state index in [0.717, 1.165) is 12.8 Å². The van der Waals surface area contributed by atoms with Crippen LogP contribution in [0.4, 0.5) is 5.69 Å². The van der Waals surface area contributed by atoms with Gasteiger partial charge in [0.05, 0.1) is 16.5 Å². The number of amides is 2. The van der Waals surface area contributed by atoms with Crippen molar-refractivity contribution in [2.45, 2.75) is 18.9 Å². The van der Waals surface area contributed by atoms with E-state index in [0.29, 0.717) is 13.1 Å². The molecule has 3 N–H and O–H groups in total. The molecular formula is C14H17ClN4O4. The van der Waals surface area contributed by atoms with Gasteiger partial charge in [-0.15, -0.1) is 0 Å². The normalized spacial score (nSPS) is 17.1. The largest absolute Gasteiger partial charge is 0.343 e. The molecule has 1 heterocycles. The van der Waals surface area contributed by atoms with Gasteiger partial charge in [-0.2, -0.15) is 0 Å². The number of nitrogens with one attached hydrogen (secondary N) is 1. The smallest absolute Gasteiger partial charge is 0.283 e. The van der Waals surface area contributed by atoms with E-state index in [1.807, 2.05) is 0 Å². The number of benzene rings is 1. The quantitative estimate of drug-likeness (QED) is 0.610. The molecule has 124 valence electrons. The van der Waals surface area contributed by atoms with Crippen LogP contribution in [0.5, 0.6) is 0 Å². The number of likely N-dealkylation sites (tertiary alicyclic amines) is 1. The minimum absolute atomic E-state index is 0.0194. The Hall–Kier alpha value is -2.19. The highest BCUT2D eigenvalue weighted by atomic mass is 35.5. The topological polar surface area (TPSA) is 119 Å². The summed E-state index contributed by atoms with van der Waals surface area (Å²) < 4.78 is 0. The summed E-state index contributed by atoms with van der Waals surface area (Å²) in [6.45, 7) is 0.718. The maximum Gasteiger partial charge on any atom is 0.283 e. The molecule has 0 aromatic heterocycles. The summed E-state index contributed by atoms with van der Waals surface area (Å²) in [7, 11) is 0. The second-order valence-electron chi connectivity index (χ2n) is 5.19. The SMILES string of the molecule is NCC1CCCN1C(=O)CNC(=O)c1c(Cl)cccc1[N+](=O)[O-]. The number of rotatable bonds is 5. The number of carbonyl (C=O) groups excluding carboxylic acids is 2. The van der Waals surface area contributed by atoms with Gasteiger partial charge in [-0.25, -0.2) is 0 Å². The summed E-state index contributed by atoms with van der Waals surface area (Å²) in [5.41, 5.74) is 4.96. The molecule has 1 fully saturated rings. The van der Waals surface area contributed by atoms with Crippen LogP contribution in [0.2, 0.25) is 5.02 Å². The lowest BCUT2D eigenvalue weighted by Crippen LogP contribution is -2.45. The first-order valence-electron chi connectivity index (χ1n) is 7.16.